The molecule has 0 saturated heterocycles. The Hall–Kier alpha value is -2.26. The van der Waals surface area contributed by atoms with Gasteiger partial charge in [-0.3, -0.25) is 4.79 Å². The molecule has 0 fully saturated rings. The number of rotatable bonds is 2. The Kier molecular flexibility index (Phi) is 3.12. The second-order valence-corrected chi connectivity index (χ2v) is 4.06. The van der Waals surface area contributed by atoms with Crippen LogP contribution in [0.1, 0.15) is 15.2 Å². The van der Waals surface area contributed by atoms with Crippen molar-refractivity contribution in [2.75, 3.05) is 11.9 Å². The van der Waals surface area contributed by atoms with Crippen LogP contribution in [0.3, 0.4) is 0 Å². The molecule has 0 saturated carbocycles. The number of carbonyl (C=O) groups is 1. The Morgan fingerprint density at radius 3 is 2.88 bits per heavy atom. The lowest BCUT2D eigenvalue weighted by molar-refractivity contribution is 0.0996. The molecule has 0 aliphatic heterocycles. The van der Waals surface area contributed by atoms with Gasteiger partial charge in [-0.1, -0.05) is 16.6 Å². The second kappa shape index (κ2) is 4.72. The monoisotopic (exact) mass is 244 g/mol. The molecule has 17 heavy (non-hydrogen) atoms. The maximum Gasteiger partial charge on any atom is 0.271 e. The molecule has 1 aromatic heterocycles. The molecule has 5 nitrogen and oxygen atoms in total. The summed E-state index contributed by atoms with van der Waals surface area (Å²) in [6.07, 6.45) is 1.42. The molecule has 1 aromatic carbocycles. The Morgan fingerprint density at radius 1 is 1.47 bits per heavy atom. The highest BCUT2D eigenvalue weighted by molar-refractivity contribution is 7.07. The summed E-state index contributed by atoms with van der Waals surface area (Å²) in [5.41, 5.74) is 1.04. The minimum Gasteiger partial charge on any atom is -0.309 e. The van der Waals surface area contributed by atoms with Crippen LogP contribution in [-0.4, -0.2) is 22.5 Å². The zero-order valence-electron chi connectivity index (χ0n) is 8.99. The quantitative estimate of drug-likeness (QED) is 0.806. The van der Waals surface area contributed by atoms with Crippen LogP contribution < -0.4 is 4.90 Å². The normalized spacial score (nSPS) is 9.65. The molecule has 0 atom stereocenters. The van der Waals surface area contributed by atoms with Crippen LogP contribution in [0.5, 0.6) is 0 Å². The van der Waals surface area contributed by atoms with Gasteiger partial charge in [0.2, 0.25) is 0 Å². The van der Waals surface area contributed by atoms with E-state index in [-0.39, 0.29) is 5.91 Å². The van der Waals surface area contributed by atoms with E-state index in [2.05, 4.69) is 15.7 Å². The number of anilines is 1. The summed E-state index contributed by atoms with van der Waals surface area (Å²) in [4.78, 5) is 13.9. The van der Waals surface area contributed by atoms with Crippen molar-refractivity contribution < 1.29 is 4.79 Å². The van der Waals surface area contributed by atoms with E-state index in [0.717, 1.165) is 11.5 Å². The van der Waals surface area contributed by atoms with Gasteiger partial charge in [-0.05, 0) is 23.7 Å². The van der Waals surface area contributed by atoms with Crippen LogP contribution >= 0.6 is 11.5 Å². The lowest BCUT2D eigenvalue weighted by atomic mass is 10.2. The van der Waals surface area contributed by atoms with Gasteiger partial charge in [-0.25, -0.2) is 0 Å². The van der Waals surface area contributed by atoms with Gasteiger partial charge in [-0.2, -0.15) is 5.26 Å². The van der Waals surface area contributed by atoms with E-state index >= 15 is 0 Å². The Bertz CT molecular complexity index is 573. The molecule has 0 N–H and O–H groups in total. The van der Waals surface area contributed by atoms with Crippen LogP contribution in [0.2, 0.25) is 0 Å². The second-order valence-electron chi connectivity index (χ2n) is 3.27. The summed E-state index contributed by atoms with van der Waals surface area (Å²) in [5.74, 6) is -0.220. The third-order valence-corrected chi connectivity index (χ3v) is 2.92. The Labute approximate surface area is 102 Å². The number of para-hydroxylation sites is 1. The highest BCUT2D eigenvalue weighted by atomic mass is 32.1. The summed E-state index contributed by atoms with van der Waals surface area (Å²) in [6, 6.07) is 8.99. The standard InChI is InChI=1S/C11H8N4OS/c1-15(11(16)10-7-13-14-17-10)9-5-3-2-4-8(9)6-12/h2-5,7H,1H3. The van der Waals surface area contributed by atoms with Gasteiger partial charge in [0.25, 0.3) is 5.91 Å². The molecule has 1 amide bonds. The van der Waals surface area contributed by atoms with E-state index in [4.69, 9.17) is 5.26 Å². The molecule has 0 unspecified atom stereocenters. The lowest BCUT2D eigenvalue weighted by Gasteiger charge is -2.16. The third-order valence-electron chi connectivity index (χ3n) is 2.26. The van der Waals surface area contributed by atoms with Crippen molar-refractivity contribution in [3.05, 3.63) is 40.9 Å². The zero-order chi connectivity index (χ0) is 12.3. The number of nitrogens with zero attached hydrogens (tertiary/aromatic N) is 4. The van der Waals surface area contributed by atoms with E-state index in [0.29, 0.717) is 16.1 Å². The van der Waals surface area contributed by atoms with E-state index in [1.165, 1.54) is 11.1 Å². The molecule has 84 valence electrons. The number of hydrogen-bond donors (Lipinski definition) is 0. The van der Waals surface area contributed by atoms with Crippen molar-refractivity contribution in [2.24, 2.45) is 0 Å². The lowest BCUT2D eigenvalue weighted by Crippen LogP contribution is -2.26. The van der Waals surface area contributed by atoms with Gasteiger partial charge >= 0.3 is 0 Å². The number of nitriles is 1. The summed E-state index contributed by atoms with van der Waals surface area (Å²) in [7, 11) is 1.62. The fraction of sp³-hybridized carbons (Fsp3) is 0.0909. The van der Waals surface area contributed by atoms with Gasteiger partial charge < -0.3 is 4.90 Å². The molecule has 0 radical (unpaired) electrons. The van der Waals surface area contributed by atoms with Crippen LogP contribution in [0.15, 0.2) is 30.5 Å². The third kappa shape index (κ3) is 2.14. The van der Waals surface area contributed by atoms with Crippen LogP contribution in [-0.2, 0) is 0 Å². The number of carbonyl (C=O) groups excluding carboxylic acids is 1. The van der Waals surface area contributed by atoms with Crippen molar-refractivity contribution >= 4 is 23.1 Å². The number of hydrogen-bond acceptors (Lipinski definition) is 5. The Morgan fingerprint density at radius 2 is 2.24 bits per heavy atom. The fourth-order valence-corrected chi connectivity index (χ4v) is 1.89. The van der Waals surface area contributed by atoms with Crippen LogP contribution in [0.25, 0.3) is 0 Å². The molecule has 2 aromatic rings. The molecule has 0 bridgehead atoms. The van der Waals surface area contributed by atoms with Crippen molar-refractivity contribution in [3.8, 4) is 6.07 Å². The maximum atomic E-state index is 12.0. The van der Waals surface area contributed by atoms with E-state index < -0.39 is 0 Å². The largest absolute Gasteiger partial charge is 0.309 e. The highest BCUT2D eigenvalue weighted by Crippen LogP contribution is 2.20. The molecular weight excluding hydrogens is 236 g/mol. The van der Waals surface area contributed by atoms with Gasteiger partial charge in [0.15, 0.2) is 0 Å². The van der Waals surface area contributed by atoms with Crippen molar-refractivity contribution in [1.82, 2.24) is 9.59 Å². The predicted molar refractivity (Wildman–Crippen MR) is 63.8 cm³/mol. The number of benzene rings is 1. The van der Waals surface area contributed by atoms with Crippen LogP contribution in [0.4, 0.5) is 5.69 Å². The first-order chi connectivity index (χ1) is 8.24. The average Bonchev–Trinajstić information content (AvgIpc) is 2.90. The minimum absolute atomic E-state index is 0.220. The molecule has 6 heteroatoms. The highest BCUT2D eigenvalue weighted by Gasteiger charge is 2.17. The first-order valence-corrected chi connectivity index (χ1v) is 5.56. The summed E-state index contributed by atoms with van der Waals surface area (Å²) >= 11 is 1.03. The topological polar surface area (TPSA) is 69.9 Å². The Balaban J connectivity index is 2.35. The predicted octanol–water partition coefficient (Wildman–Crippen LogP) is 1.69. The summed E-state index contributed by atoms with van der Waals surface area (Å²) in [6.45, 7) is 0. The van der Waals surface area contributed by atoms with E-state index in [1.807, 2.05) is 0 Å². The summed E-state index contributed by atoms with van der Waals surface area (Å²) in [5, 5.41) is 12.6. The minimum atomic E-state index is -0.220. The van der Waals surface area contributed by atoms with Crippen molar-refractivity contribution in [1.29, 1.82) is 5.26 Å². The van der Waals surface area contributed by atoms with Crippen molar-refractivity contribution in [3.63, 3.8) is 0 Å². The number of amides is 1. The van der Waals surface area contributed by atoms with E-state index in [9.17, 15) is 4.79 Å². The van der Waals surface area contributed by atoms with E-state index in [1.54, 1.807) is 31.3 Å². The molecule has 0 aliphatic carbocycles. The first-order valence-electron chi connectivity index (χ1n) is 4.78. The van der Waals surface area contributed by atoms with Gasteiger partial charge in [0.1, 0.15) is 10.9 Å². The SMILES string of the molecule is CN(C(=O)c1cnns1)c1ccccc1C#N. The van der Waals surface area contributed by atoms with Gasteiger partial charge in [-0.15, -0.1) is 5.10 Å². The smallest absolute Gasteiger partial charge is 0.271 e. The molecule has 0 aliphatic rings. The molecule has 0 spiro atoms. The van der Waals surface area contributed by atoms with Gasteiger partial charge in [0, 0.05) is 7.05 Å². The van der Waals surface area contributed by atoms with Crippen LogP contribution in [0, 0.1) is 11.3 Å². The average molecular weight is 244 g/mol. The van der Waals surface area contributed by atoms with Gasteiger partial charge in [0.05, 0.1) is 17.4 Å². The zero-order valence-corrected chi connectivity index (χ0v) is 9.81. The number of aromatic nitrogens is 2. The molecular formula is C11H8N4OS. The fourth-order valence-electron chi connectivity index (χ4n) is 1.40. The maximum absolute atomic E-state index is 12.0. The molecule has 2 rings (SSSR count). The summed E-state index contributed by atoms with van der Waals surface area (Å²) < 4.78 is 3.64. The van der Waals surface area contributed by atoms with Crippen molar-refractivity contribution in [2.45, 2.75) is 0 Å². The molecule has 1 heterocycles. The first kappa shape index (κ1) is 11.2.